The van der Waals surface area contributed by atoms with Crippen molar-refractivity contribution in [1.29, 1.82) is 0 Å². The van der Waals surface area contributed by atoms with Crippen LogP contribution in [0.4, 0.5) is 9.93 Å². The van der Waals surface area contributed by atoms with Crippen molar-refractivity contribution < 1.29 is 38.2 Å². The quantitative estimate of drug-likeness (QED) is 0.141. The highest BCUT2D eigenvalue weighted by atomic mass is 32.1. The summed E-state index contributed by atoms with van der Waals surface area (Å²) in [6.07, 6.45) is -0.905. The molecular formula is C25H41N5O8SSi. The van der Waals surface area contributed by atoms with Gasteiger partial charge in [-0.25, -0.2) is 14.6 Å². The number of oxime groups is 1. The molecular weight excluding hydrogens is 558 g/mol. The van der Waals surface area contributed by atoms with E-state index in [4.69, 9.17) is 20.0 Å². The van der Waals surface area contributed by atoms with Crippen LogP contribution in [-0.2, 0) is 33.4 Å². The van der Waals surface area contributed by atoms with Gasteiger partial charge in [-0.2, -0.15) is 0 Å². The van der Waals surface area contributed by atoms with E-state index < -0.39 is 49.6 Å². The summed E-state index contributed by atoms with van der Waals surface area (Å²) in [4.78, 5) is 60.9. The smallest absolute Gasteiger partial charge is 0.457 e. The molecule has 224 valence electrons. The number of amides is 2. The van der Waals surface area contributed by atoms with Crippen LogP contribution in [0.3, 0.4) is 0 Å². The van der Waals surface area contributed by atoms with Crippen LogP contribution in [0, 0.1) is 0 Å². The number of hydrogen-bond donors (Lipinski definition) is 2. The molecule has 0 bridgehead atoms. The Hall–Kier alpha value is -3.20. The van der Waals surface area contributed by atoms with E-state index in [1.54, 1.807) is 25.3 Å². The van der Waals surface area contributed by atoms with Gasteiger partial charge in [-0.3, -0.25) is 9.59 Å². The van der Waals surface area contributed by atoms with Gasteiger partial charge in [0.05, 0.1) is 13.2 Å². The summed E-state index contributed by atoms with van der Waals surface area (Å²) in [6.45, 7) is 18.0. The summed E-state index contributed by atoms with van der Waals surface area (Å²) in [5, 5.41) is 8.10. The third kappa shape index (κ3) is 7.50. The number of hydrogen-bond acceptors (Lipinski definition) is 12. The van der Waals surface area contributed by atoms with Gasteiger partial charge in [0, 0.05) is 5.38 Å². The second kappa shape index (κ2) is 11.7. The molecule has 1 saturated heterocycles. The molecule has 13 nitrogen and oxygen atoms in total. The molecule has 0 unspecified atom stereocenters. The Balaban J connectivity index is 2.38. The van der Waals surface area contributed by atoms with E-state index in [0.717, 1.165) is 11.3 Å². The van der Waals surface area contributed by atoms with Gasteiger partial charge in [0.15, 0.2) is 19.1 Å². The molecule has 3 N–H and O–H groups in total. The largest absolute Gasteiger partial charge is 0.508 e. The first-order valence-electron chi connectivity index (χ1n) is 12.7. The zero-order chi connectivity index (χ0) is 30.8. The van der Waals surface area contributed by atoms with Gasteiger partial charge in [-0.15, -0.1) is 11.3 Å². The van der Waals surface area contributed by atoms with Gasteiger partial charge >= 0.3 is 12.1 Å². The normalized spacial score (nSPS) is 18.5. The van der Waals surface area contributed by atoms with Crippen molar-refractivity contribution in [2.75, 3.05) is 19.5 Å². The predicted molar refractivity (Wildman–Crippen MR) is 152 cm³/mol. The van der Waals surface area contributed by atoms with E-state index in [9.17, 15) is 19.2 Å². The van der Waals surface area contributed by atoms with Crippen molar-refractivity contribution in [3.63, 3.8) is 0 Å². The molecule has 15 heteroatoms. The highest BCUT2D eigenvalue weighted by Crippen LogP contribution is 2.43. The molecule has 2 amide bonds. The molecule has 2 rings (SSSR count). The van der Waals surface area contributed by atoms with Crippen molar-refractivity contribution >= 4 is 54.4 Å². The fourth-order valence-electron chi connectivity index (χ4n) is 3.55. The van der Waals surface area contributed by atoms with E-state index in [-0.39, 0.29) is 34.1 Å². The number of methoxy groups -OCH3 is 1. The third-order valence-corrected chi connectivity index (χ3v) is 12.8. The molecule has 0 spiro atoms. The van der Waals surface area contributed by atoms with Crippen LogP contribution in [-0.4, -0.2) is 84.4 Å². The lowest BCUT2D eigenvalue weighted by Gasteiger charge is -2.57. The summed E-state index contributed by atoms with van der Waals surface area (Å²) in [6, 6.07) is -1.66. The second-order valence-electron chi connectivity index (χ2n) is 12.4. The Morgan fingerprint density at radius 2 is 1.75 bits per heavy atom. The highest BCUT2D eigenvalue weighted by molar-refractivity contribution is 7.13. The molecule has 1 aliphatic rings. The average molecular weight is 600 g/mol. The second-order valence-corrected chi connectivity index (χ2v) is 18.4. The maximum atomic E-state index is 13.5. The van der Waals surface area contributed by atoms with Crippen molar-refractivity contribution in [2.24, 2.45) is 5.16 Å². The first-order valence-corrected chi connectivity index (χ1v) is 16.5. The Bertz CT molecular complexity index is 1170. The van der Waals surface area contributed by atoms with Crippen molar-refractivity contribution in [3.8, 4) is 0 Å². The molecule has 2 atom stereocenters. The zero-order valence-electron chi connectivity index (χ0n) is 25.0. The molecule has 2 heterocycles. The molecule has 1 fully saturated rings. The Morgan fingerprint density at radius 3 is 2.23 bits per heavy atom. The lowest BCUT2D eigenvalue weighted by Crippen LogP contribution is -2.80. The SMILES string of the molecule is COC(=O)OC[C@H]1[C@@H](NC(=O)/C(=N\OC(C)(C)C(=O)OC(C)(C)C)c2csc(N)n2)C(=O)N1[Si](C)(C)C(C)(C)C. The van der Waals surface area contributed by atoms with Gasteiger partial charge in [-0.1, -0.05) is 39.0 Å². The van der Waals surface area contributed by atoms with Crippen molar-refractivity contribution in [1.82, 2.24) is 14.9 Å². The minimum absolute atomic E-state index is 0.0929. The summed E-state index contributed by atoms with van der Waals surface area (Å²) < 4.78 is 16.9. The van der Waals surface area contributed by atoms with Crippen LogP contribution in [0.25, 0.3) is 0 Å². The van der Waals surface area contributed by atoms with Crippen LogP contribution in [0.2, 0.25) is 18.1 Å². The standard InChI is InChI=1S/C25H41N5O8SSi/c1-23(2,3)37-20(33)25(7,8)38-29-16(14-13-39-21(26)27-14)18(31)28-17-15(12-36-22(34)35-9)30(19(17)32)40(10,11)24(4,5)6/h13,15,17H,12H2,1-11H3,(H2,26,27)(H,28,31)/b29-16-/t15-,17+/m0/s1. The van der Waals surface area contributed by atoms with Crippen LogP contribution in [0.1, 0.15) is 61.1 Å². The fraction of sp³-hybridized carbons (Fsp3) is 0.680. The fourth-order valence-corrected chi connectivity index (χ4v) is 6.56. The maximum absolute atomic E-state index is 13.5. The minimum Gasteiger partial charge on any atom is -0.457 e. The number of ether oxygens (including phenoxy) is 3. The molecule has 40 heavy (non-hydrogen) atoms. The summed E-state index contributed by atoms with van der Waals surface area (Å²) >= 11 is 1.08. The number of β-lactam (4-membered cyclic amide) rings is 1. The highest BCUT2D eigenvalue weighted by Gasteiger charge is 2.58. The van der Waals surface area contributed by atoms with E-state index in [2.05, 4.69) is 20.2 Å². The number of carbonyl (C=O) groups excluding carboxylic acids is 4. The number of esters is 1. The van der Waals surface area contributed by atoms with E-state index in [0.29, 0.717) is 0 Å². The number of carbonyl (C=O) groups is 4. The number of nitrogens with one attached hydrogen (secondary N) is 1. The molecule has 0 saturated carbocycles. The Labute approximate surface area is 239 Å². The lowest BCUT2D eigenvalue weighted by molar-refractivity contribution is -0.179. The number of anilines is 1. The summed E-state index contributed by atoms with van der Waals surface area (Å²) in [5.74, 6) is -1.80. The summed E-state index contributed by atoms with van der Waals surface area (Å²) in [7, 11) is -1.24. The van der Waals surface area contributed by atoms with Gasteiger partial charge in [0.1, 0.15) is 23.9 Å². The monoisotopic (exact) mass is 599 g/mol. The average Bonchev–Trinajstić information content (AvgIpc) is 3.23. The maximum Gasteiger partial charge on any atom is 0.508 e. The topological polar surface area (TPSA) is 172 Å². The minimum atomic E-state index is -2.42. The molecule has 1 aromatic heterocycles. The van der Waals surface area contributed by atoms with Gasteiger partial charge in [0.2, 0.25) is 11.5 Å². The van der Waals surface area contributed by atoms with Gasteiger partial charge in [0.25, 0.3) is 5.91 Å². The number of thiazole rings is 1. The van der Waals surface area contributed by atoms with Crippen LogP contribution in [0.15, 0.2) is 10.5 Å². The van der Waals surface area contributed by atoms with Crippen LogP contribution in [0.5, 0.6) is 0 Å². The zero-order valence-corrected chi connectivity index (χ0v) is 26.8. The predicted octanol–water partition coefficient (Wildman–Crippen LogP) is 3.05. The van der Waals surface area contributed by atoms with Gasteiger partial charge in [-0.05, 0) is 39.7 Å². The Morgan fingerprint density at radius 1 is 1.15 bits per heavy atom. The molecule has 1 aliphatic heterocycles. The van der Waals surface area contributed by atoms with Crippen LogP contribution >= 0.6 is 11.3 Å². The molecule has 0 aliphatic carbocycles. The summed E-state index contributed by atoms with van der Waals surface area (Å²) in [5.41, 5.74) is 3.25. The number of nitrogens with two attached hydrogens (primary N) is 1. The van der Waals surface area contributed by atoms with Crippen molar-refractivity contribution in [2.45, 2.75) is 96.8 Å². The molecule has 1 aromatic rings. The number of aromatic nitrogens is 1. The Kier molecular flexibility index (Phi) is 9.68. The number of rotatable bonds is 9. The van der Waals surface area contributed by atoms with Gasteiger partial charge < -0.3 is 34.7 Å². The van der Waals surface area contributed by atoms with E-state index >= 15 is 0 Å². The third-order valence-electron chi connectivity index (χ3n) is 6.72. The first kappa shape index (κ1) is 33.0. The molecule has 0 radical (unpaired) electrons. The lowest BCUT2D eigenvalue weighted by atomic mass is 9.99. The van der Waals surface area contributed by atoms with E-state index in [1.165, 1.54) is 26.3 Å². The van der Waals surface area contributed by atoms with Crippen molar-refractivity contribution in [3.05, 3.63) is 11.1 Å². The number of nitrogen functional groups attached to an aromatic ring is 1. The van der Waals surface area contributed by atoms with E-state index in [1.807, 2.05) is 33.9 Å². The first-order chi connectivity index (χ1) is 18.1. The van der Waals surface area contributed by atoms with Crippen LogP contribution < -0.4 is 11.1 Å². The molecule has 0 aromatic carbocycles. The number of nitrogens with zero attached hydrogens (tertiary/aromatic N) is 3.